The molecule has 3 rings (SSSR count). The summed E-state index contributed by atoms with van der Waals surface area (Å²) >= 11 is 0. The van der Waals surface area contributed by atoms with Crippen LogP contribution in [0.3, 0.4) is 0 Å². The summed E-state index contributed by atoms with van der Waals surface area (Å²) in [6, 6.07) is 10.1. The molecule has 1 aromatic rings. The molecule has 0 radical (unpaired) electrons. The molecule has 1 aliphatic heterocycles. The molecular formula is C18H22N2O2. The number of hydrogen-bond donors (Lipinski definition) is 1. The molecule has 1 N–H and O–H groups in total. The summed E-state index contributed by atoms with van der Waals surface area (Å²) in [6.07, 6.45) is 5.50. The van der Waals surface area contributed by atoms with Crippen molar-refractivity contribution in [1.82, 2.24) is 10.2 Å². The van der Waals surface area contributed by atoms with Gasteiger partial charge in [0.1, 0.15) is 0 Å². The van der Waals surface area contributed by atoms with Crippen LogP contribution >= 0.6 is 0 Å². The molecular weight excluding hydrogens is 276 g/mol. The van der Waals surface area contributed by atoms with Gasteiger partial charge in [-0.05, 0) is 24.8 Å². The second kappa shape index (κ2) is 6.34. The van der Waals surface area contributed by atoms with Crippen molar-refractivity contribution in [3.05, 3.63) is 47.5 Å². The van der Waals surface area contributed by atoms with Crippen molar-refractivity contribution in [1.29, 1.82) is 0 Å². The lowest BCUT2D eigenvalue weighted by Gasteiger charge is -2.25. The van der Waals surface area contributed by atoms with E-state index in [1.165, 1.54) is 12.0 Å². The summed E-state index contributed by atoms with van der Waals surface area (Å²) in [5, 5.41) is 2.97. The van der Waals surface area contributed by atoms with E-state index in [0.717, 1.165) is 18.4 Å². The number of nitrogens with one attached hydrogen (secondary N) is 1. The molecule has 1 aliphatic carbocycles. The highest BCUT2D eigenvalue weighted by Gasteiger charge is 2.38. The van der Waals surface area contributed by atoms with Gasteiger partial charge in [-0.2, -0.15) is 0 Å². The zero-order valence-corrected chi connectivity index (χ0v) is 12.9. The Balaban J connectivity index is 1.66. The number of likely N-dealkylation sites (tertiary alicyclic amines) is 1. The van der Waals surface area contributed by atoms with Crippen molar-refractivity contribution in [3.63, 3.8) is 0 Å². The van der Waals surface area contributed by atoms with Crippen LogP contribution in [-0.2, 0) is 9.59 Å². The number of benzene rings is 1. The largest absolute Gasteiger partial charge is 0.352 e. The monoisotopic (exact) mass is 298 g/mol. The molecule has 2 atom stereocenters. The molecule has 2 amide bonds. The van der Waals surface area contributed by atoms with E-state index in [1.54, 1.807) is 11.0 Å². The molecule has 0 bridgehead atoms. The van der Waals surface area contributed by atoms with Gasteiger partial charge >= 0.3 is 0 Å². The van der Waals surface area contributed by atoms with Crippen LogP contribution in [0.1, 0.15) is 37.3 Å². The summed E-state index contributed by atoms with van der Waals surface area (Å²) in [5.41, 5.74) is 2.36. The van der Waals surface area contributed by atoms with Gasteiger partial charge in [0.2, 0.25) is 11.8 Å². The number of amides is 2. The van der Waals surface area contributed by atoms with Crippen molar-refractivity contribution in [2.45, 2.75) is 31.7 Å². The molecule has 1 aromatic carbocycles. The van der Waals surface area contributed by atoms with E-state index in [2.05, 4.69) is 5.32 Å². The first-order valence-corrected chi connectivity index (χ1v) is 7.93. The van der Waals surface area contributed by atoms with Crippen LogP contribution in [0.4, 0.5) is 0 Å². The Morgan fingerprint density at radius 2 is 2.05 bits per heavy atom. The minimum absolute atomic E-state index is 0.0245. The van der Waals surface area contributed by atoms with Gasteiger partial charge in [-0.1, -0.05) is 35.9 Å². The maximum absolute atomic E-state index is 12.0. The highest BCUT2D eigenvalue weighted by atomic mass is 16.2. The number of rotatable bonds is 4. The van der Waals surface area contributed by atoms with Crippen molar-refractivity contribution >= 4 is 11.8 Å². The van der Waals surface area contributed by atoms with Gasteiger partial charge < -0.3 is 10.2 Å². The average Bonchev–Trinajstić information content (AvgIpc) is 2.77. The predicted octanol–water partition coefficient (Wildman–Crippen LogP) is 2.43. The highest BCUT2D eigenvalue weighted by Crippen LogP contribution is 2.36. The van der Waals surface area contributed by atoms with Gasteiger partial charge in [0.15, 0.2) is 0 Å². The number of carbonyl (C=O) groups is 2. The van der Waals surface area contributed by atoms with Gasteiger partial charge in [0.25, 0.3) is 0 Å². The first-order valence-electron chi connectivity index (χ1n) is 7.93. The fourth-order valence-corrected chi connectivity index (χ4v) is 3.27. The van der Waals surface area contributed by atoms with Crippen LogP contribution < -0.4 is 5.32 Å². The van der Waals surface area contributed by atoms with Crippen LogP contribution in [0.15, 0.2) is 42.0 Å². The number of carbonyl (C=O) groups excluding carboxylic acids is 2. The smallest absolute Gasteiger partial charge is 0.243 e. The third-order valence-electron chi connectivity index (χ3n) is 4.70. The standard InChI is InChI=1S/C18H22N2O2/c1-20-17(22)11-15(18(20)14-8-3-2-4-9-14)12-19-16(21)10-13-6-5-7-13/h2-4,8-10,15,18H,5-7,11-12H2,1H3,(H,19,21)/t15-,18-/m0/s1. The maximum atomic E-state index is 12.0. The third-order valence-corrected chi connectivity index (χ3v) is 4.70. The molecule has 1 saturated heterocycles. The summed E-state index contributed by atoms with van der Waals surface area (Å²) in [7, 11) is 1.85. The van der Waals surface area contributed by atoms with E-state index in [9.17, 15) is 9.59 Å². The molecule has 1 heterocycles. The van der Waals surface area contributed by atoms with E-state index >= 15 is 0 Å². The average molecular weight is 298 g/mol. The molecule has 0 unspecified atom stereocenters. The molecule has 2 fully saturated rings. The van der Waals surface area contributed by atoms with Crippen LogP contribution in [0.25, 0.3) is 0 Å². The molecule has 2 aliphatic rings. The minimum atomic E-state index is -0.0245. The Labute approximate surface area is 131 Å². The van der Waals surface area contributed by atoms with Crippen LogP contribution in [0.2, 0.25) is 0 Å². The Bertz CT molecular complexity index is 588. The molecule has 0 aromatic heterocycles. The molecule has 4 heteroatoms. The lowest BCUT2D eigenvalue weighted by atomic mass is 9.92. The van der Waals surface area contributed by atoms with E-state index < -0.39 is 0 Å². The van der Waals surface area contributed by atoms with Crippen molar-refractivity contribution < 1.29 is 9.59 Å². The molecule has 22 heavy (non-hydrogen) atoms. The van der Waals surface area contributed by atoms with Crippen LogP contribution in [0, 0.1) is 5.92 Å². The van der Waals surface area contributed by atoms with Crippen molar-refractivity contribution in [2.75, 3.05) is 13.6 Å². The van der Waals surface area contributed by atoms with Gasteiger partial charge in [-0.15, -0.1) is 0 Å². The first kappa shape index (κ1) is 14.8. The van der Waals surface area contributed by atoms with Gasteiger partial charge in [0.05, 0.1) is 6.04 Å². The van der Waals surface area contributed by atoms with Crippen LogP contribution in [-0.4, -0.2) is 30.3 Å². The summed E-state index contributed by atoms with van der Waals surface area (Å²) in [5.74, 6) is 0.248. The Morgan fingerprint density at radius 3 is 2.68 bits per heavy atom. The number of allylic oxidation sites excluding steroid dienone is 1. The zero-order chi connectivity index (χ0) is 15.5. The fraction of sp³-hybridized carbons (Fsp3) is 0.444. The van der Waals surface area contributed by atoms with Gasteiger partial charge in [0, 0.05) is 32.0 Å². The normalized spacial score (nSPS) is 24.1. The summed E-state index contributed by atoms with van der Waals surface area (Å²) in [4.78, 5) is 25.8. The number of nitrogens with zero attached hydrogens (tertiary/aromatic N) is 1. The fourth-order valence-electron chi connectivity index (χ4n) is 3.27. The molecule has 1 saturated carbocycles. The Kier molecular flexibility index (Phi) is 4.27. The highest BCUT2D eigenvalue weighted by molar-refractivity contribution is 5.88. The topological polar surface area (TPSA) is 49.4 Å². The lowest BCUT2D eigenvalue weighted by Crippen LogP contribution is -2.32. The lowest BCUT2D eigenvalue weighted by molar-refractivity contribution is -0.127. The van der Waals surface area contributed by atoms with E-state index in [-0.39, 0.29) is 23.8 Å². The second-order valence-corrected chi connectivity index (χ2v) is 6.23. The summed E-state index contributed by atoms with van der Waals surface area (Å²) in [6.45, 7) is 0.540. The Morgan fingerprint density at radius 1 is 1.32 bits per heavy atom. The van der Waals surface area contributed by atoms with Gasteiger partial charge in [-0.25, -0.2) is 0 Å². The van der Waals surface area contributed by atoms with Gasteiger partial charge in [-0.3, -0.25) is 9.59 Å². The SMILES string of the molecule is CN1C(=O)C[C@@H](CNC(=O)C=C2CCC2)[C@@H]1c1ccccc1. The van der Waals surface area contributed by atoms with Crippen LogP contribution in [0.5, 0.6) is 0 Å². The predicted molar refractivity (Wildman–Crippen MR) is 85.0 cm³/mol. The summed E-state index contributed by atoms with van der Waals surface area (Å²) < 4.78 is 0. The quantitative estimate of drug-likeness (QED) is 0.868. The van der Waals surface area contributed by atoms with Crippen molar-refractivity contribution in [3.8, 4) is 0 Å². The molecule has 0 spiro atoms. The second-order valence-electron chi connectivity index (χ2n) is 6.23. The van der Waals surface area contributed by atoms with E-state index in [0.29, 0.717) is 13.0 Å². The van der Waals surface area contributed by atoms with Crippen molar-refractivity contribution in [2.24, 2.45) is 5.92 Å². The zero-order valence-electron chi connectivity index (χ0n) is 12.9. The Hall–Kier alpha value is -2.10. The third kappa shape index (κ3) is 3.06. The molecule has 4 nitrogen and oxygen atoms in total. The maximum Gasteiger partial charge on any atom is 0.243 e. The minimum Gasteiger partial charge on any atom is -0.352 e. The number of hydrogen-bond acceptors (Lipinski definition) is 2. The molecule has 116 valence electrons. The van der Waals surface area contributed by atoms with E-state index in [1.807, 2.05) is 37.4 Å². The first-order chi connectivity index (χ1) is 10.6. The van der Waals surface area contributed by atoms with E-state index in [4.69, 9.17) is 0 Å².